The molecule has 3 heterocycles. The number of pyridine rings is 1. The lowest BCUT2D eigenvalue weighted by atomic mass is 10.1. The summed E-state index contributed by atoms with van der Waals surface area (Å²) in [4.78, 5) is 8.08. The average Bonchev–Trinajstić information content (AvgIpc) is 2.92. The van der Waals surface area contributed by atoms with Crippen LogP contribution in [0.25, 0.3) is 11.3 Å². The quantitative estimate of drug-likeness (QED) is 0.914. The van der Waals surface area contributed by atoms with Crippen LogP contribution >= 0.6 is 11.6 Å². The topological polar surface area (TPSA) is 72.9 Å². The number of anilines is 1. The van der Waals surface area contributed by atoms with Crippen molar-refractivity contribution in [3.8, 4) is 11.3 Å². The van der Waals surface area contributed by atoms with Crippen molar-refractivity contribution in [3.63, 3.8) is 0 Å². The Morgan fingerprint density at radius 1 is 1.30 bits per heavy atom. The van der Waals surface area contributed by atoms with Gasteiger partial charge in [0.05, 0.1) is 17.3 Å². The number of aromatic nitrogens is 4. The maximum absolute atomic E-state index is 6.14. The Balaban J connectivity index is 1.85. The highest BCUT2D eigenvalue weighted by molar-refractivity contribution is 6.33. The van der Waals surface area contributed by atoms with Crippen LogP contribution in [0.3, 0.4) is 0 Å². The molecular weight excluding hydrogens is 276 g/mol. The molecule has 0 radical (unpaired) electrons. The normalized spacial score (nSPS) is 17.5. The van der Waals surface area contributed by atoms with E-state index in [1.165, 1.54) is 0 Å². The Labute approximate surface area is 122 Å². The molecule has 0 bridgehead atoms. The summed E-state index contributed by atoms with van der Waals surface area (Å²) in [6, 6.07) is 2.09. The van der Waals surface area contributed by atoms with Crippen molar-refractivity contribution in [2.24, 2.45) is 0 Å². The van der Waals surface area contributed by atoms with Gasteiger partial charge in [-0.05, 0) is 39.0 Å². The molecule has 3 rings (SSSR count). The number of nitrogens with two attached hydrogens (primary N) is 1. The zero-order valence-electron chi connectivity index (χ0n) is 11.3. The predicted molar refractivity (Wildman–Crippen MR) is 78.4 cm³/mol. The third-order valence-corrected chi connectivity index (χ3v) is 3.98. The minimum Gasteiger partial charge on any atom is -0.384 e. The Kier molecular flexibility index (Phi) is 3.58. The fourth-order valence-corrected chi connectivity index (χ4v) is 2.65. The van der Waals surface area contributed by atoms with E-state index in [1.807, 2.05) is 0 Å². The number of nitrogens with zero attached hydrogens (tertiary/aromatic N) is 5. The van der Waals surface area contributed by atoms with Crippen molar-refractivity contribution < 1.29 is 0 Å². The molecule has 6 nitrogen and oxygen atoms in total. The van der Waals surface area contributed by atoms with E-state index in [1.54, 1.807) is 23.3 Å². The lowest BCUT2D eigenvalue weighted by Gasteiger charge is -2.28. The van der Waals surface area contributed by atoms with Crippen LogP contribution in [0.2, 0.25) is 5.02 Å². The van der Waals surface area contributed by atoms with E-state index in [-0.39, 0.29) is 0 Å². The maximum atomic E-state index is 6.14. The molecule has 106 valence electrons. The number of hydrogen-bond acceptors (Lipinski definition) is 5. The van der Waals surface area contributed by atoms with E-state index < -0.39 is 0 Å². The summed E-state index contributed by atoms with van der Waals surface area (Å²) in [5, 5.41) is 9.47. The summed E-state index contributed by atoms with van der Waals surface area (Å²) in [5.74, 6) is 0.429. The van der Waals surface area contributed by atoms with E-state index >= 15 is 0 Å². The van der Waals surface area contributed by atoms with Gasteiger partial charge in [0.1, 0.15) is 11.5 Å². The molecule has 0 atom stereocenters. The zero-order valence-corrected chi connectivity index (χ0v) is 12.1. The van der Waals surface area contributed by atoms with E-state index in [2.05, 4.69) is 27.1 Å². The third-order valence-electron chi connectivity index (χ3n) is 3.68. The molecule has 0 spiro atoms. The number of piperidine rings is 1. The number of hydrogen-bond donors (Lipinski definition) is 1. The molecule has 2 N–H and O–H groups in total. The molecule has 2 aromatic heterocycles. The van der Waals surface area contributed by atoms with Crippen molar-refractivity contribution in [2.75, 3.05) is 25.9 Å². The molecule has 20 heavy (non-hydrogen) atoms. The summed E-state index contributed by atoms with van der Waals surface area (Å²) < 4.78 is 0. The Morgan fingerprint density at radius 2 is 2.05 bits per heavy atom. The summed E-state index contributed by atoms with van der Waals surface area (Å²) >= 11 is 6.14. The molecule has 0 aromatic carbocycles. The number of halogens is 1. The smallest absolute Gasteiger partial charge is 0.124 e. The molecule has 0 amide bonds. The van der Waals surface area contributed by atoms with Gasteiger partial charge in [-0.2, -0.15) is 15.0 Å². The first-order valence-electron chi connectivity index (χ1n) is 6.65. The fraction of sp³-hybridized carbons (Fsp3) is 0.462. The Hall–Kier alpha value is -1.66. The second-order valence-electron chi connectivity index (χ2n) is 5.17. The van der Waals surface area contributed by atoms with Crippen molar-refractivity contribution in [1.82, 2.24) is 24.9 Å². The van der Waals surface area contributed by atoms with Crippen LogP contribution in [0, 0.1) is 0 Å². The second kappa shape index (κ2) is 5.38. The molecule has 1 aliphatic heterocycles. The van der Waals surface area contributed by atoms with Crippen molar-refractivity contribution in [2.45, 2.75) is 18.9 Å². The summed E-state index contributed by atoms with van der Waals surface area (Å²) in [6.45, 7) is 2.15. The van der Waals surface area contributed by atoms with Gasteiger partial charge in [0.2, 0.25) is 0 Å². The SMILES string of the molecule is CN1CCC(n2ncc(-c3cc(N)ncc3Cl)n2)CC1. The van der Waals surface area contributed by atoms with E-state index in [9.17, 15) is 0 Å². The Morgan fingerprint density at radius 3 is 2.80 bits per heavy atom. The van der Waals surface area contributed by atoms with Gasteiger partial charge in [-0.15, -0.1) is 0 Å². The summed E-state index contributed by atoms with van der Waals surface area (Å²) in [7, 11) is 2.14. The van der Waals surface area contributed by atoms with Crippen molar-refractivity contribution >= 4 is 17.4 Å². The molecular formula is C13H17ClN6. The van der Waals surface area contributed by atoms with Gasteiger partial charge in [0.15, 0.2) is 0 Å². The molecule has 7 heteroatoms. The predicted octanol–water partition coefficient (Wildman–Crippen LogP) is 1.84. The largest absolute Gasteiger partial charge is 0.384 e. The van der Waals surface area contributed by atoms with Crippen LogP contribution in [-0.4, -0.2) is 45.0 Å². The molecule has 0 unspecified atom stereocenters. The first-order chi connectivity index (χ1) is 9.63. The van der Waals surface area contributed by atoms with Gasteiger partial charge in [-0.25, -0.2) is 4.98 Å². The second-order valence-corrected chi connectivity index (χ2v) is 5.58. The van der Waals surface area contributed by atoms with Crippen LogP contribution in [0.4, 0.5) is 5.82 Å². The minimum absolute atomic E-state index is 0.359. The summed E-state index contributed by atoms with van der Waals surface area (Å²) in [6.07, 6.45) is 5.41. The number of rotatable bonds is 2. The van der Waals surface area contributed by atoms with E-state index in [0.29, 0.717) is 16.9 Å². The highest BCUT2D eigenvalue weighted by Crippen LogP contribution is 2.28. The zero-order chi connectivity index (χ0) is 14.1. The van der Waals surface area contributed by atoms with Gasteiger partial charge in [0, 0.05) is 11.8 Å². The van der Waals surface area contributed by atoms with Gasteiger partial charge >= 0.3 is 0 Å². The van der Waals surface area contributed by atoms with Gasteiger partial charge in [-0.3, -0.25) is 0 Å². The molecule has 0 saturated carbocycles. The van der Waals surface area contributed by atoms with Gasteiger partial charge in [0.25, 0.3) is 0 Å². The maximum Gasteiger partial charge on any atom is 0.124 e. The molecule has 1 fully saturated rings. The minimum atomic E-state index is 0.359. The Bertz CT molecular complexity index is 603. The first kappa shape index (κ1) is 13.3. The number of likely N-dealkylation sites (tertiary alicyclic amines) is 1. The van der Waals surface area contributed by atoms with Crippen LogP contribution in [0.1, 0.15) is 18.9 Å². The average molecular weight is 293 g/mol. The van der Waals surface area contributed by atoms with E-state index in [4.69, 9.17) is 17.3 Å². The van der Waals surface area contributed by atoms with Crippen LogP contribution in [0.15, 0.2) is 18.5 Å². The first-order valence-corrected chi connectivity index (χ1v) is 7.03. The highest BCUT2D eigenvalue weighted by Gasteiger charge is 2.20. The lowest BCUT2D eigenvalue weighted by Crippen LogP contribution is -2.32. The molecule has 1 saturated heterocycles. The van der Waals surface area contributed by atoms with Crippen LogP contribution in [-0.2, 0) is 0 Å². The van der Waals surface area contributed by atoms with Gasteiger partial charge < -0.3 is 10.6 Å². The highest BCUT2D eigenvalue weighted by atomic mass is 35.5. The molecule has 0 aliphatic carbocycles. The van der Waals surface area contributed by atoms with Crippen LogP contribution in [0.5, 0.6) is 0 Å². The monoisotopic (exact) mass is 292 g/mol. The molecule has 2 aromatic rings. The van der Waals surface area contributed by atoms with Crippen LogP contribution < -0.4 is 5.73 Å². The van der Waals surface area contributed by atoms with Crippen molar-refractivity contribution in [3.05, 3.63) is 23.5 Å². The van der Waals surface area contributed by atoms with Crippen molar-refractivity contribution in [1.29, 1.82) is 0 Å². The lowest BCUT2D eigenvalue weighted by molar-refractivity contribution is 0.201. The summed E-state index contributed by atoms with van der Waals surface area (Å²) in [5.41, 5.74) is 7.21. The standard InChI is InChI=1S/C13H17ClN6/c1-19-4-2-9(3-5-19)20-17-8-12(18-20)10-6-13(15)16-7-11(10)14/h6-9H,2-5H2,1H3,(H2,15,16). The fourth-order valence-electron chi connectivity index (χ4n) is 2.45. The van der Waals surface area contributed by atoms with E-state index in [0.717, 1.165) is 37.2 Å². The third kappa shape index (κ3) is 2.62. The molecule has 1 aliphatic rings. The number of nitrogen functional groups attached to an aromatic ring is 1. The van der Waals surface area contributed by atoms with Gasteiger partial charge in [-0.1, -0.05) is 11.6 Å².